The molecule has 6 heteroatoms. The minimum Gasteiger partial charge on any atom is -0.370 e. The van der Waals surface area contributed by atoms with Crippen LogP contribution in [0, 0.1) is 6.92 Å². The van der Waals surface area contributed by atoms with Crippen LogP contribution in [0.1, 0.15) is 60.0 Å². The standard InChI is InChI=1S/C31H35N3O3/c1-22-7-9-24(10-8-22)11-12-28(36)34-19-15-31(16-20-34)27-6-4-3-5-26(27)29(33-23(2)35)30(31)37-21-25-13-17-32-18-14-25/h3-10,13-14,17-18,29-30H,11-12,15-16,19-21H2,1-2H3,(H,33,35)/t29-,30+/m1/s1. The van der Waals surface area contributed by atoms with E-state index in [9.17, 15) is 9.59 Å². The second-order valence-corrected chi connectivity index (χ2v) is 10.4. The Morgan fingerprint density at radius 3 is 2.41 bits per heavy atom. The molecule has 0 unspecified atom stereocenters. The molecule has 2 amide bonds. The van der Waals surface area contributed by atoms with E-state index in [1.165, 1.54) is 16.7 Å². The Balaban J connectivity index is 1.34. The average Bonchev–Trinajstić information content (AvgIpc) is 3.15. The van der Waals surface area contributed by atoms with Crippen LogP contribution in [0.3, 0.4) is 0 Å². The molecular formula is C31H35N3O3. The third kappa shape index (κ3) is 5.30. The van der Waals surface area contributed by atoms with E-state index in [2.05, 4.69) is 59.7 Å². The molecule has 37 heavy (non-hydrogen) atoms. The summed E-state index contributed by atoms with van der Waals surface area (Å²) in [6, 6.07) is 20.5. The Kier molecular flexibility index (Phi) is 7.38. The van der Waals surface area contributed by atoms with E-state index >= 15 is 0 Å². The van der Waals surface area contributed by atoms with Gasteiger partial charge in [0.25, 0.3) is 0 Å². The van der Waals surface area contributed by atoms with Crippen LogP contribution in [0.4, 0.5) is 0 Å². The minimum absolute atomic E-state index is 0.0712. The molecule has 5 rings (SSSR count). The highest BCUT2D eigenvalue weighted by atomic mass is 16.5. The second kappa shape index (κ2) is 10.9. The quantitative estimate of drug-likeness (QED) is 0.515. The summed E-state index contributed by atoms with van der Waals surface area (Å²) in [4.78, 5) is 31.5. The SMILES string of the molecule is CC(=O)N[C@@H]1c2ccccc2C2(CCN(C(=O)CCc3ccc(C)cc3)CC2)[C@H]1OCc1ccncc1. The molecule has 2 aromatic carbocycles. The van der Waals surface area contributed by atoms with Gasteiger partial charge in [-0.15, -0.1) is 0 Å². The molecule has 2 heterocycles. The van der Waals surface area contributed by atoms with Crippen molar-refractivity contribution < 1.29 is 14.3 Å². The first kappa shape index (κ1) is 25.2. The molecule has 3 aromatic rings. The van der Waals surface area contributed by atoms with Crippen LogP contribution >= 0.6 is 0 Å². The summed E-state index contributed by atoms with van der Waals surface area (Å²) >= 11 is 0. The number of likely N-dealkylation sites (tertiary alicyclic amines) is 1. The van der Waals surface area contributed by atoms with Gasteiger partial charge >= 0.3 is 0 Å². The van der Waals surface area contributed by atoms with Crippen molar-refractivity contribution >= 4 is 11.8 Å². The number of ether oxygens (including phenoxy) is 1. The first-order valence-electron chi connectivity index (χ1n) is 13.2. The van der Waals surface area contributed by atoms with Gasteiger partial charge < -0.3 is 15.0 Å². The summed E-state index contributed by atoms with van der Waals surface area (Å²) in [7, 11) is 0. The van der Waals surface area contributed by atoms with Crippen LogP contribution in [0.2, 0.25) is 0 Å². The molecule has 1 fully saturated rings. The van der Waals surface area contributed by atoms with Gasteiger partial charge in [-0.25, -0.2) is 0 Å². The third-order valence-corrected chi connectivity index (χ3v) is 7.97. The average molecular weight is 498 g/mol. The maximum absolute atomic E-state index is 13.1. The molecule has 1 aromatic heterocycles. The normalized spacial score (nSPS) is 20.0. The molecule has 1 spiro atoms. The maximum Gasteiger partial charge on any atom is 0.222 e. The van der Waals surface area contributed by atoms with Gasteiger partial charge in [0.1, 0.15) is 0 Å². The van der Waals surface area contributed by atoms with Crippen molar-refractivity contribution in [3.63, 3.8) is 0 Å². The number of carbonyl (C=O) groups is 2. The van der Waals surface area contributed by atoms with E-state index in [-0.39, 0.29) is 29.4 Å². The van der Waals surface area contributed by atoms with Crippen molar-refractivity contribution in [1.29, 1.82) is 0 Å². The number of fused-ring (bicyclic) bond motifs is 2. The number of benzene rings is 2. The lowest BCUT2D eigenvalue weighted by Gasteiger charge is -2.44. The fourth-order valence-corrected chi connectivity index (χ4v) is 6.02. The summed E-state index contributed by atoms with van der Waals surface area (Å²) in [5.74, 6) is 0.132. The molecule has 2 aliphatic rings. The molecule has 1 aliphatic heterocycles. The zero-order valence-electron chi connectivity index (χ0n) is 21.7. The predicted octanol–water partition coefficient (Wildman–Crippen LogP) is 4.66. The van der Waals surface area contributed by atoms with Crippen molar-refractivity contribution in [2.45, 2.75) is 63.7 Å². The van der Waals surface area contributed by atoms with Crippen molar-refractivity contribution in [3.8, 4) is 0 Å². The summed E-state index contributed by atoms with van der Waals surface area (Å²) in [6.07, 6.45) is 6.20. The molecule has 0 saturated carbocycles. The van der Waals surface area contributed by atoms with Crippen LogP contribution in [0.15, 0.2) is 73.1 Å². The zero-order chi connectivity index (χ0) is 25.8. The summed E-state index contributed by atoms with van der Waals surface area (Å²) in [6.45, 7) is 5.44. The van der Waals surface area contributed by atoms with Crippen molar-refractivity contribution in [2.75, 3.05) is 13.1 Å². The lowest BCUT2D eigenvalue weighted by Crippen LogP contribution is -2.51. The highest BCUT2D eigenvalue weighted by Gasteiger charge is 2.54. The fraction of sp³-hybridized carbons (Fsp3) is 0.387. The number of aryl methyl sites for hydroxylation is 2. The van der Waals surface area contributed by atoms with Crippen LogP contribution in [0.5, 0.6) is 0 Å². The van der Waals surface area contributed by atoms with Crippen molar-refractivity contribution in [3.05, 3.63) is 101 Å². The van der Waals surface area contributed by atoms with E-state index < -0.39 is 0 Å². The minimum atomic E-state index is -0.259. The molecule has 1 aliphatic carbocycles. The lowest BCUT2D eigenvalue weighted by atomic mass is 9.71. The first-order chi connectivity index (χ1) is 18.0. The zero-order valence-corrected chi connectivity index (χ0v) is 21.7. The Bertz CT molecular complexity index is 1230. The Morgan fingerprint density at radius 2 is 1.70 bits per heavy atom. The van der Waals surface area contributed by atoms with Gasteiger partial charge in [0.05, 0.1) is 18.8 Å². The monoisotopic (exact) mass is 497 g/mol. The number of hydrogen-bond donors (Lipinski definition) is 1. The molecule has 2 atom stereocenters. The van der Waals surface area contributed by atoms with Gasteiger partial charge in [0.15, 0.2) is 0 Å². The van der Waals surface area contributed by atoms with E-state index in [0.717, 1.165) is 30.4 Å². The topological polar surface area (TPSA) is 71.5 Å². The van der Waals surface area contributed by atoms with Crippen LogP contribution in [-0.2, 0) is 32.8 Å². The molecule has 1 saturated heterocycles. The Morgan fingerprint density at radius 1 is 1.00 bits per heavy atom. The number of rotatable bonds is 7. The van der Waals surface area contributed by atoms with Crippen LogP contribution in [-0.4, -0.2) is 40.9 Å². The number of carbonyl (C=O) groups excluding carboxylic acids is 2. The third-order valence-electron chi connectivity index (χ3n) is 7.97. The first-order valence-corrected chi connectivity index (χ1v) is 13.2. The number of pyridine rings is 1. The summed E-state index contributed by atoms with van der Waals surface area (Å²) < 4.78 is 6.64. The van der Waals surface area contributed by atoms with Gasteiger partial charge in [-0.1, -0.05) is 54.1 Å². The van der Waals surface area contributed by atoms with Gasteiger partial charge in [0, 0.05) is 44.2 Å². The molecule has 192 valence electrons. The molecule has 0 bridgehead atoms. The molecule has 1 N–H and O–H groups in total. The van der Waals surface area contributed by atoms with Gasteiger partial charge in [-0.3, -0.25) is 14.6 Å². The van der Waals surface area contributed by atoms with E-state index in [0.29, 0.717) is 26.1 Å². The van der Waals surface area contributed by atoms with Gasteiger partial charge in [-0.05, 0) is 60.6 Å². The predicted molar refractivity (Wildman–Crippen MR) is 143 cm³/mol. The number of aromatic nitrogens is 1. The summed E-state index contributed by atoms with van der Waals surface area (Å²) in [5, 5.41) is 3.18. The van der Waals surface area contributed by atoms with E-state index in [1.807, 2.05) is 23.1 Å². The number of nitrogens with zero attached hydrogens (tertiary/aromatic N) is 2. The maximum atomic E-state index is 13.1. The lowest BCUT2D eigenvalue weighted by molar-refractivity contribution is -0.134. The molecule has 6 nitrogen and oxygen atoms in total. The number of nitrogens with one attached hydrogen (secondary N) is 1. The Hall–Kier alpha value is -3.51. The second-order valence-electron chi connectivity index (χ2n) is 10.4. The summed E-state index contributed by atoms with van der Waals surface area (Å²) in [5.41, 5.74) is 5.57. The molecular weight excluding hydrogens is 462 g/mol. The largest absolute Gasteiger partial charge is 0.370 e. The van der Waals surface area contributed by atoms with Crippen LogP contribution in [0.25, 0.3) is 0 Å². The number of piperidine rings is 1. The number of hydrogen-bond acceptors (Lipinski definition) is 4. The van der Waals surface area contributed by atoms with E-state index in [4.69, 9.17) is 4.74 Å². The van der Waals surface area contributed by atoms with Crippen molar-refractivity contribution in [2.24, 2.45) is 0 Å². The number of amides is 2. The highest BCUT2D eigenvalue weighted by Crippen LogP contribution is 2.52. The highest BCUT2D eigenvalue weighted by molar-refractivity contribution is 5.77. The smallest absolute Gasteiger partial charge is 0.222 e. The van der Waals surface area contributed by atoms with E-state index in [1.54, 1.807) is 19.3 Å². The van der Waals surface area contributed by atoms with Crippen molar-refractivity contribution in [1.82, 2.24) is 15.2 Å². The van der Waals surface area contributed by atoms with Gasteiger partial charge in [-0.2, -0.15) is 0 Å². The van der Waals surface area contributed by atoms with Crippen LogP contribution < -0.4 is 5.32 Å². The fourth-order valence-electron chi connectivity index (χ4n) is 6.02. The van der Waals surface area contributed by atoms with Gasteiger partial charge in [0.2, 0.25) is 11.8 Å². The Labute approximate surface area is 219 Å². The molecule has 0 radical (unpaired) electrons.